The third-order valence-corrected chi connectivity index (χ3v) is 2.21. The number of hydrogen-bond acceptors (Lipinski definition) is 5. The molecule has 0 aliphatic heterocycles. The molecule has 0 atom stereocenters. The second kappa shape index (κ2) is 2.98. The first kappa shape index (κ1) is 7.93. The van der Waals surface area contributed by atoms with Crippen molar-refractivity contribution in [2.24, 2.45) is 0 Å². The van der Waals surface area contributed by atoms with Gasteiger partial charge in [0.05, 0.1) is 0 Å². The molecule has 5 nitrogen and oxygen atoms in total. The first-order valence-corrected chi connectivity index (χ1v) is 4.40. The lowest BCUT2D eigenvalue weighted by Gasteiger charge is -1.95. The van der Waals surface area contributed by atoms with Crippen LogP contribution in [0.1, 0.15) is 0 Å². The molecule has 2 rings (SSSR count). The summed E-state index contributed by atoms with van der Waals surface area (Å²) in [6.07, 6.45) is 1.65. The zero-order chi connectivity index (χ0) is 9.26. The summed E-state index contributed by atoms with van der Waals surface area (Å²) in [7, 11) is 0. The van der Waals surface area contributed by atoms with Crippen LogP contribution in [0, 0.1) is 0 Å². The summed E-state index contributed by atoms with van der Waals surface area (Å²) in [5, 5.41) is 2.51. The molecular formula is C7H6N4OS. The van der Waals surface area contributed by atoms with Crippen molar-refractivity contribution in [3.63, 3.8) is 0 Å². The number of aromatic nitrogens is 3. The predicted octanol–water partition coefficient (Wildman–Crippen LogP) is 0.476. The summed E-state index contributed by atoms with van der Waals surface area (Å²) in [5.74, 6) is 0.109. The second-order valence-electron chi connectivity index (χ2n) is 2.35. The first-order valence-electron chi connectivity index (χ1n) is 3.52. The van der Waals surface area contributed by atoms with Gasteiger partial charge in [-0.25, -0.2) is 9.97 Å². The molecule has 0 amide bonds. The van der Waals surface area contributed by atoms with Crippen molar-refractivity contribution in [2.75, 3.05) is 5.73 Å². The highest BCUT2D eigenvalue weighted by molar-refractivity contribution is 7.13. The van der Waals surface area contributed by atoms with Crippen LogP contribution in [0.5, 0.6) is 0 Å². The lowest BCUT2D eigenvalue weighted by molar-refractivity contribution is 1.14. The summed E-state index contributed by atoms with van der Waals surface area (Å²) >= 11 is 1.41. The highest BCUT2D eigenvalue weighted by atomic mass is 32.1. The molecule has 0 spiro atoms. The molecule has 2 aromatic heterocycles. The van der Waals surface area contributed by atoms with E-state index in [-0.39, 0.29) is 11.5 Å². The highest BCUT2D eigenvalue weighted by Gasteiger charge is 2.03. The Morgan fingerprint density at radius 3 is 3.00 bits per heavy atom. The molecule has 0 bridgehead atoms. The fraction of sp³-hybridized carbons (Fsp3) is 0. The van der Waals surface area contributed by atoms with E-state index in [1.54, 1.807) is 6.20 Å². The molecule has 66 valence electrons. The van der Waals surface area contributed by atoms with Gasteiger partial charge < -0.3 is 5.73 Å². The highest BCUT2D eigenvalue weighted by Crippen LogP contribution is 2.17. The van der Waals surface area contributed by atoms with E-state index in [0.29, 0.717) is 10.7 Å². The van der Waals surface area contributed by atoms with Crippen LogP contribution in [-0.4, -0.2) is 15.0 Å². The summed E-state index contributed by atoms with van der Waals surface area (Å²) in [6.45, 7) is 0. The number of thiazole rings is 1. The number of rotatable bonds is 1. The molecule has 3 N–H and O–H groups in total. The number of nitrogens with one attached hydrogen (secondary N) is 1. The van der Waals surface area contributed by atoms with Crippen molar-refractivity contribution in [2.45, 2.75) is 0 Å². The van der Waals surface area contributed by atoms with Gasteiger partial charge in [-0.2, -0.15) is 0 Å². The number of hydrogen-bond donors (Lipinski definition) is 2. The maximum atomic E-state index is 11.0. The molecule has 0 saturated heterocycles. The van der Waals surface area contributed by atoms with Crippen molar-refractivity contribution in [3.8, 4) is 10.7 Å². The van der Waals surface area contributed by atoms with E-state index in [1.165, 1.54) is 17.4 Å². The first-order chi connectivity index (χ1) is 6.25. The Balaban J connectivity index is 2.59. The summed E-state index contributed by atoms with van der Waals surface area (Å²) in [6, 6.07) is 1.37. The maximum absolute atomic E-state index is 11.0. The number of nitrogen functional groups attached to an aromatic ring is 1. The van der Waals surface area contributed by atoms with Crippen molar-refractivity contribution in [3.05, 3.63) is 28.0 Å². The van der Waals surface area contributed by atoms with Gasteiger partial charge in [-0.1, -0.05) is 0 Å². The van der Waals surface area contributed by atoms with Crippen LogP contribution in [0.2, 0.25) is 0 Å². The standard InChI is InChI=1S/C7H6N4OS/c8-7-10-4(3-5(12)11-7)6-9-1-2-13-6/h1-3H,(H3,8,10,11,12). The minimum atomic E-state index is -0.266. The SMILES string of the molecule is Nc1nc(-c2nccs2)cc(=O)[nH]1. The predicted molar refractivity (Wildman–Crippen MR) is 50.4 cm³/mol. The van der Waals surface area contributed by atoms with Crippen molar-refractivity contribution in [1.29, 1.82) is 0 Å². The average molecular weight is 194 g/mol. The molecule has 0 aliphatic rings. The van der Waals surface area contributed by atoms with Gasteiger partial charge in [0, 0.05) is 17.6 Å². The maximum Gasteiger partial charge on any atom is 0.252 e. The third-order valence-electron chi connectivity index (χ3n) is 1.41. The van der Waals surface area contributed by atoms with Crippen molar-refractivity contribution in [1.82, 2.24) is 15.0 Å². The molecule has 0 saturated carbocycles. The van der Waals surface area contributed by atoms with Crippen LogP contribution >= 0.6 is 11.3 Å². The molecule has 0 aliphatic carbocycles. The van der Waals surface area contributed by atoms with Crippen LogP contribution in [0.25, 0.3) is 10.7 Å². The van der Waals surface area contributed by atoms with Gasteiger partial charge in [0.15, 0.2) is 0 Å². The van der Waals surface area contributed by atoms with E-state index >= 15 is 0 Å². The number of aromatic amines is 1. The summed E-state index contributed by atoms with van der Waals surface area (Å²) in [5.41, 5.74) is 5.62. The zero-order valence-electron chi connectivity index (χ0n) is 6.52. The van der Waals surface area contributed by atoms with Crippen molar-refractivity contribution < 1.29 is 0 Å². The Bertz CT molecular complexity index is 462. The van der Waals surface area contributed by atoms with Crippen molar-refractivity contribution >= 4 is 17.3 Å². The summed E-state index contributed by atoms with van der Waals surface area (Å²) in [4.78, 5) is 21.3. The number of H-pyrrole nitrogens is 1. The van der Waals surface area contributed by atoms with E-state index in [2.05, 4.69) is 15.0 Å². The van der Waals surface area contributed by atoms with Gasteiger partial charge in [-0.05, 0) is 0 Å². The third kappa shape index (κ3) is 1.57. The molecule has 6 heteroatoms. The second-order valence-corrected chi connectivity index (χ2v) is 3.25. The molecular weight excluding hydrogens is 188 g/mol. The smallest absolute Gasteiger partial charge is 0.252 e. The number of nitrogens with zero attached hydrogens (tertiary/aromatic N) is 2. The topological polar surface area (TPSA) is 84.7 Å². The normalized spacial score (nSPS) is 10.2. The number of anilines is 1. The molecule has 2 heterocycles. The molecule has 2 aromatic rings. The molecule has 0 fully saturated rings. The fourth-order valence-electron chi connectivity index (χ4n) is 0.936. The fourth-order valence-corrected chi connectivity index (χ4v) is 1.53. The minimum absolute atomic E-state index is 0.109. The lowest BCUT2D eigenvalue weighted by atomic mass is 10.4. The largest absolute Gasteiger partial charge is 0.369 e. The Labute approximate surface area is 77.3 Å². The van der Waals surface area contributed by atoms with E-state index in [9.17, 15) is 4.79 Å². The minimum Gasteiger partial charge on any atom is -0.369 e. The van der Waals surface area contributed by atoms with Crippen LogP contribution in [0.15, 0.2) is 22.4 Å². The monoisotopic (exact) mass is 194 g/mol. The van der Waals surface area contributed by atoms with E-state index in [4.69, 9.17) is 5.73 Å². The molecule has 13 heavy (non-hydrogen) atoms. The van der Waals surface area contributed by atoms with Gasteiger partial charge in [-0.3, -0.25) is 9.78 Å². The molecule has 0 unspecified atom stereocenters. The Kier molecular flexibility index (Phi) is 1.82. The van der Waals surface area contributed by atoms with Crippen LogP contribution < -0.4 is 11.3 Å². The van der Waals surface area contributed by atoms with Crippen LogP contribution in [0.3, 0.4) is 0 Å². The lowest BCUT2D eigenvalue weighted by Crippen LogP contribution is -2.10. The Morgan fingerprint density at radius 1 is 1.54 bits per heavy atom. The van der Waals surface area contributed by atoms with E-state index in [1.807, 2.05) is 5.38 Å². The van der Waals surface area contributed by atoms with Crippen LogP contribution in [0.4, 0.5) is 5.95 Å². The van der Waals surface area contributed by atoms with Gasteiger partial charge in [0.1, 0.15) is 10.7 Å². The van der Waals surface area contributed by atoms with Gasteiger partial charge in [0.25, 0.3) is 5.56 Å². The average Bonchev–Trinajstić information content (AvgIpc) is 2.53. The number of nitrogens with two attached hydrogens (primary N) is 1. The molecule has 0 aromatic carbocycles. The van der Waals surface area contributed by atoms with Gasteiger partial charge in [-0.15, -0.1) is 11.3 Å². The Hall–Kier alpha value is -1.69. The molecule has 0 radical (unpaired) electrons. The van der Waals surface area contributed by atoms with Gasteiger partial charge in [0.2, 0.25) is 5.95 Å². The summed E-state index contributed by atoms with van der Waals surface area (Å²) < 4.78 is 0. The van der Waals surface area contributed by atoms with Crippen LogP contribution in [-0.2, 0) is 0 Å². The van der Waals surface area contributed by atoms with E-state index < -0.39 is 0 Å². The Morgan fingerprint density at radius 2 is 2.38 bits per heavy atom. The zero-order valence-corrected chi connectivity index (χ0v) is 7.34. The quantitative estimate of drug-likeness (QED) is 0.691. The van der Waals surface area contributed by atoms with Gasteiger partial charge >= 0.3 is 0 Å². The van der Waals surface area contributed by atoms with E-state index in [0.717, 1.165) is 0 Å².